The van der Waals surface area contributed by atoms with Gasteiger partial charge in [-0.1, -0.05) is 172 Å². The number of thioether (sulfide) groups is 2. The summed E-state index contributed by atoms with van der Waals surface area (Å²) in [5.41, 5.74) is 0. The smallest absolute Gasteiger partial charge is 0.319 e. The van der Waals surface area contributed by atoms with Crippen molar-refractivity contribution >= 4 is 52.1 Å². The van der Waals surface area contributed by atoms with Gasteiger partial charge in [0.15, 0.2) is 16.6 Å². The number of unbranched alkanes of at least 4 members (excludes halogenated alkanes) is 18. The molecule has 0 aliphatic carbocycles. The summed E-state index contributed by atoms with van der Waals surface area (Å²) in [6, 6.07) is 6.87. The fourth-order valence-corrected chi connectivity index (χ4v) is 16.6. The third-order valence-corrected chi connectivity index (χ3v) is 26.1. The van der Waals surface area contributed by atoms with Crippen LogP contribution in [0.25, 0.3) is 0 Å². The number of methoxy groups -OCH3 is 2. The highest BCUT2D eigenvalue weighted by Crippen LogP contribution is 2.28. The van der Waals surface area contributed by atoms with Crippen LogP contribution in [-0.4, -0.2) is 90.6 Å². The first-order valence-electron chi connectivity index (χ1n) is 29.0. The minimum Gasteiger partial charge on any atom is -0.465 e. The highest BCUT2D eigenvalue weighted by atomic mass is 32.2. The van der Waals surface area contributed by atoms with Crippen LogP contribution in [0.1, 0.15) is 249 Å². The number of hydrogen-bond donors (Lipinski definition) is 0. The SMILES string of the molecule is CCCCCCCCC(SCCCCC)C(=O)OCCCCCC(OC)O[Si](CC)(CC)CC.CCCCCCCCC(SCCCCC)C(=O)OCCCCCC(OC)O[Si](CC)(CC)CC. The van der Waals surface area contributed by atoms with E-state index in [1.807, 2.05) is 23.5 Å². The first-order valence-corrected chi connectivity index (χ1v) is 36.2. The molecule has 8 nitrogen and oxygen atoms in total. The van der Waals surface area contributed by atoms with Gasteiger partial charge in [0.05, 0.1) is 13.2 Å². The summed E-state index contributed by atoms with van der Waals surface area (Å²) in [5.74, 6) is 2.16. The van der Waals surface area contributed by atoms with Crippen LogP contribution in [-0.2, 0) is 37.4 Å². The number of ether oxygens (including phenoxy) is 4. The van der Waals surface area contributed by atoms with Crippen LogP contribution in [0, 0.1) is 0 Å². The molecule has 68 heavy (non-hydrogen) atoms. The van der Waals surface area contributed by atoms with E-state index in [1.54, 1.807) is 14.2 Å². The van der Waals surface area contributed by atoms with Gasteiger partial charge in [-0.3, -0.25) is 9.59 Å². The summed E-state index contributed by atoms with van der Waals surface area (Å²) < 4.78 is 35.6. The molecular weight excluding hydrogens is 921 g/mol. The van der Waals surface area contributed by atoms with Gasteiger partial charge in [0.2, 0.25) is 0 Å². The van der Waals surface area contributed by atoms with Crippen molar-refractivity contribution < 1.29 is 37.4 Å². The molecule has 12 heteroatoms. The third-order valence-electron chi connectivity index (χ3n) is 14.1. The Kier molecular flexibility index (Phi) is 51.9. The Morgan fingerprint density at radius 3 is 0.956 bits per heavy atom. The van der Waals surface area contributed by atoms with E-state index < -0.39 is 16.6 Å². The average Bonchev–Trinajstić information content (AvgIpc) is 3.36. The first-order chi connectivity index (χ1) is 33.0. The summed E-state index contributed by atoms with van der Waals surface area (Å²) in [7, 11) is 0.240. The topological polar surface area (TPSA) is 89.5 Å². The average molecular weight is 1040 g/mol. The second-order valence-electron chi connectivity index (χ2n) is 19.3. The molecule has 0 aliphatic heterocycles. The predicted octanol–water partition coefficient (Wildman–Crippen LogP) is 18.3. The fraction of sp³-hybridized carbons (Fsp3) is 0.964. The van der Waals surface area contributed by atoms with E-state index in [9.17, 15) is 9.59 Å². The maximum absolute atomic E-state index is 12.7. The highest BCUT2D eigenvalue weighted by Gasteiger charge is 2.33. The van der Waals surface area contributed by atoms with Crippen LogP contribution in [0.2, 0.25) is 36.3 Å². The van der Waals surface area contributed by atoms with Crippen molar-refractivity contribution in [3.05, 3.63) is 0 Å². The largest absolute Gasteiger partial charge is 0.465 e. The molecule has 0 aromatic rings. The molecule has 0 saturated heterocycles. The van der Waals surface area contributed by atoms with Crippen molar-refractivity contribution in [1.82, 2.24) is 0 Å². The number of carbonyl (C=O) groups is 2. The molecule has 0 spiro atoms. The molecule has 408 valence electrons. The zero-order valence-corrected chi connectivity index (χ0v) is 50.9. The fourth-order valence-electron chi connectivity index (χ4n) is 8.63. The lowest BCUT2D eigenvalue weighted by Crippen LogP contribution is -2.40. The van der Waals surface area contributed by atoms with Gasteiger partial charge in [0.25, 0.3) is 0 Å². The van der Waals surface area contributed by atoms with Crippen molar-refractivity contribution in [2.24, 2.45) is 0 Å². The van der Waals surface area contributed by atoms with Crippen molar-refractivity contribution in [3.63, 3.8) is 0 Å². The van der Waals surface area contributed by atoms with Crippen LogP contribution < -0.4 is 0 Å². The molecule has 0 aromatic heterocycles. The van der Waals surface area contributed by atoms with Gasteiger partial charge >= 0.3 is 11.9 Å². The molecule has 0 bridgehead atoms. The summed E-state index contributed by atoms with van der Waals surface area (Å²) in [4.78, 5) is 25.5. The van der Waals surface area contributed by atoms with Gasteiger partial charge < -0.3 is 27.8 Å². The number of rotatable bonds is 50. The van der Waals surface area contributed by atoms with Crippen molar-refractivity contribution in [1.29, 1.82) is 0 Å². The second kappa shape index (κ2) is 50.4. The summed E-state index contributed by atoms with van der Waals surface area (Å²) in [5, 5.41) is 0.0361. The maximum atomic E-state index is 12.7. The summed E-state index contributed by atoms with van der Waals surface area (Å²) in [6.07, 6.45) is 32.1. The van der Waals surface area contributed by atoms with Gasteiger partial charge in [-0.25, -0.2) is 0 Å². The molecule has 0 rings (SSSR count). The lowest BCUT2D eigenvalue weighted by atomic mass is 10.1. The molecule has 4 unspecified atom stereocenters. The number of carbonyl (C=O) groups excluding carboxylic acids is 2. The van der Waals surface area contributed by atoms with Crippen LogP contribution in [0.3, 0.4) is 0 Å². The van der Waals surface area contributed by atoms with Crippen molar-refractivity contribution in [2.75, 3.05) is 38.9 Å². The molecule has 0 N–H and O–H groups in total. The van der Waals surface area contributed by atoms with E-state index in [0.29, 0.717) is 13.2 Å². The van der Waals surface area contributed by atoms with Gasteiger partial charge in [-0.2, -0.15) is 0 Å². The molecule has 0 radical (unpaired) electrons. The van der Waals surface area contributed by atoms with E-state index in [0.717, 1.165) is 125 Å². The lowest BCUT2D eigenvalue weighted by Gasteiger charge is -2.32. The van der Waals surface area contributed by atoms with E-state index in [1.165, 1.54) is 103 Å². The second-order valence-corrected chi connectivity index (χ2v) is 31.4. The molecule has 0 aliphatic rings. The molecule has 0 fully saturated rings. The predicted molar refractivity (Wildman–Crippen MR) is 305 cm³/mol. The van der Waals surface area contributed by atoms with Crippen molar-refractivity contribution in [3.8, 4) is 0 Å². The number of esters is 2. The van der Waals surface area contributed by atoms with Crippen LogP contribution >= 0.6 is 23.5 Å². The monoisotopic (exact) mass is 1040 g/mol. The standard InChI is InChI=1S/2C28H58O4SSi/c2*1-7-12-14-15-16-18-22-26(33-25-21-13-8-2)28(29)31-24-20-17-19-23-27(30-6)32-34(9-3,10-4)11-5/h2*26-27H,7-25H2,1-6H3. The molecule has 0 saturated carbocycles. The van der Waals surface area contributed by atoms with Crippen LogP contribution in [0.4, 0.5) is 0 Å². The van der Waals surface area contributed by atoms with Crippen LogP contribution in [0.15, 0.2) is 0 Å². The Hall–Kier alpha value is -0.0862. The minimum atomic E-state index is -1.64. The lowest BCUT2D eigenvalue weighted by molar-refractivity contribution is -0.144. The zero-order valence-electron chi connectivity index (χ0n) is 47.3. The molecule has 0 amide bonds. The van der Waals surface area contributed by atoms with Gasteiger partial charge in [-0.15, -0.1) is 23.5 Å². The third kappa shape index (κ3) is 37.6. The zero-order chi connectivity index (χ0) is 51.0. The van der Waals surface area contributed by atoms with Gasteiger partial charge in [-0.05, 0) is 125 Å². The van der Waals surface area contributed by atoms with E-state index in [2.05, 4.69) is 69.2 Å². The summed E-state index contributed by atoms with van der Waals surface area (Å²) in [6.45, 7) is 23.5. The number of hydrogen-bond acceptors (Lipinski definition) is 10. The van der Waals surface area contributed by atoms with E-state index in [4.69, 9.17) is 27.8 Å². The Bertz CT molecular complexity index is 985. The van der Waals surface area contributed by atoms with Crippen molar-refractivity contribution in [2.45, 2.75) is 308 Å². The highest BCUT2D eigenvalue weighted by molar-refractivity contribution is 8.00. The Morgan fingerprint density at radius 2 is 0.647 bits per heavy atom. The molecule has 4 atom stereocenters. The van der Waals surface area contributed by atoms with E-state index in [-0.39, 0.29) is 35.0 Å². The summed E-state index contributed by atoms with van der Waals surface area (Å²) >= 11 is 3.64. The molecule has 0 aromatic carbocycles. The van der Waals surface area contributed by atoms with Gasteiger partial charge in [0.1, 0.15) is 23.1 Å². The Morgan fingerprint density at radius 1 is 0.368 bits per heavy atom. The normalized spacial score (nSPS) is 13.7. The van der Waals surface area contributed by atoms with Gasteiger partial charge in [0, 0.05) is 14.2 Å². The molecular formula is C56H116O8S2Si2. The minimum absolute atomic E-state index is 0.0118. The quantitative estimate of drug-likeness (QED) is 0.0254. The van der Waals surface area contributed by atoms with Crippen LogP contribution in [0.5, 0.6) is 0 Å². The Labute approximate surface area is 434 Å². The van der Waals surface area contributed by atoms with E-state index >= 15 is 0 Å². The Balaban J connectivity index is 0. The first kappa shape index (κ1) is 70.0. The molecule has 0 heterocycles. The maximum Gasteiger partial charge on any atom is 0.319 e.